The summed E-state index contributed by atoms with van der Waals surface area (Å²) in [5.74, 6) is -0.0942. The predicted octanol–water partition coefficient (Wildman–Crippen LogP) is -0.763. The van der Waals surface area contributed by atoms with Crippen molar-refractivity contribution in [3.63, 3.8) is 0 Å². The molecule has 0 rings (SSSR count). The number of carbonyl (C=O) groups excluding carboxylic acids is 1. The van der Waals surface area contributed by atoms with Gasteiger partial charge < -0.3 is 20.9 Å². The number of hydrogen-bond acceptors (Lipinski definition) is 4. The van der Waals surface area contributed by atoms with Crippen molar-refractivity contribution in [1.29, 1.82) is 0 Å². The van der Waals surface area contributed by atoms with E-state index in [2.05, 4.69) is 5.32 Å². The Kier molecular flexibility index (Phi) is 7.37. The zero-order valence-corrected chi connectivity index (χ0v) is 8.82. The molecule has 5 heteroatoms. The molecule has 2 unspecified atom stereocenters. The number of hydrogen-bond donors (Lipinski definition) is 3. The third kappa shape index (κ3) is 5.90. The summed E-state index contributed by atoms with van der Waals surface area (Å²) >= 11 is 0. The van der Waals surface area contributed by atoms with Crippen LogP contribution in [-0.2, 0) is 9.53 Å². The maximum Gasteiger partial charge on any atom is 0.222 e. The van der Waals surface area contributed by atoms with E-state index in [-0.39, 0.29) is 31.1 Å². The van der Waals surface area contributed by atoms with Gasteiger partial charge in [0.2, 0.25) is 5.91 Å². The lowest BCUT2D eigenvalue weighted by Gasteiger charge is -2.16. The zero-order chi connectivity index (χ0) is 11.0. The van der Waals surface area contributed by atoms with Crippen LogP contribution in [0, 0.1) is 0 Å². The van der Waals surface area contributed by atoms with Gasteiger partial charge in [-0.05, 0) is 13.3 Å². The van der Waals surface area contributed by atoms with Gasteiger partial charge in [0.05, 0.1) is 12.5 Å². The Balaban J connectivity index is 3.73. The average Bonchev–Trinajstić information content (AvgIpc) is 2.14. The van der Waals surface area contributed by atoms with Gasteiger partial charge in [-0.15, -0.1) is 0 Å². The van der Waals surface area contributed by atoms with Crippen molar-refractivity contribution in [3.05, 3.63) is 0 Å². The van der Waals surface area contributed by atoms with Gasteiger partial charge in [0.1, 0.15) is 0 Å². The van der Waals surface area contributed by atoms with E-state index in [1.807, 2.05) is 6.92 Å². The van der Waals surface area contributed by atoms with Crippen molar-refractivity contribution in [2.24, 2.45) is 5.73 Å². The Hall–Kier alpha value is -0.650. The second-order valence-electron chi connectivity index (χ2n) is 3.28. The van der Waals surface area contributed by atoms with Crippen molar-refractivity contribution >= 4 is 5.91 Å². The fraction of sp³-hybridized carbons (Fsp3) is 0.889. The molecular weight excluding hydrogens is 184 g/mol. The highest BCUT2D eigenvalue weighted by Gasteiger charge is 2.12. The van der Waals surface area contributed by atoms with Crippen LogP contribution in [-0.4, -0.2) is 43.4 Å². The number of aliphatic hydroxyl groups excluding tert-OH is 1. The van der Waals surface area contributed by atoms with Gasteiger partial charge in [-0.3, -0.25) is 4.79 Å². The fourth-order valence-electron chi connectivity index (χ4n) is 1.07. The van der Waals surface area contributed by atoms with Crippen molar-refractivity contribution < 1.29 is 14.6 Å². The van der Waals surface area contributed by atoms with Crippen LogP contribution in [0.5, 0.6) is 0 Å². The van der Waals surface area contributed by atoms with E-state index in [1.54, 1.807) is 0 Å². The largest absolute Gasteiger partial charge is 0.396 e. The molecule has 0 aliphatic heterocycles. The summed E-state index contributed by atoms with van der Waals surface area (Å²) in [5.41, 5.74) is 5.38. The molecule has 84 valence electrons. The Morgan fingerprint density at radius 2 is 2.29 bits per heavy atom. The van der Waals surface area contributed by atoms with Crippen LogP contribution in [0.2, 0.25) is 0 Å². The third-order valence-corrected chi connectivity index (χ3v) is 1.98. The lowest BCUT2D eigenvalue weighted by atomic mass is 10.2. The van der Waals surface area contributed by atoms with Gasteiger partial charge in [0.25, 0.3) is 0 Å². The van der Waals surface area contributed by atoms with E-state index in [4.69, 9.17) is 15.6 Å². The molecule has 0 aliphatic rings. The lowest BCUT2D eigenvalue weighted by molar-refractivity contribution is -0.124. The standard InChI is InChI=1S/C9H20N2O3/c1-7(3-4-12)11-9(13)5-8(6-10)14-2/h7-8,12H,3-6,10H2,1-2H3,(H,11,13). The topological polar surface area (TPSA) is 84.6 Å². The van der Waals surface area contributed by atoms with E-state index in [9.17, 15) is 4.79 Å². The van der Waals surface area contributed by atoms with Crippen LogP contribution in [0.3, 0.4) is 0 Å². The van der Waals surface area contributed by atoms with Crippen molar-refractivity contribution in [1.82, 2.24) is 5.32 Å². The highest BCUT2D eigenvalue weighted by Crippen LogP contribution is 1.96. The molecule has 0 saturated heterocycles. The Morgan fingerprint density at radius 1 is 1.64 bits per heavy atom. The molecule has 0 heterocycles. The maximum absolute atomic E-state index is 11.3. The SMILES string of the molecule is COC(CN)CC(=O)NC(C)CCO. The van der Waals surface area contributed by atoms with Crippen LogP contribution >= 0.6 is 0 Å². The quantitative estimate of drug-likeness (QED) is 0.509. The van der Waals surface area contributed by atoms with E-state index in [1.165, 1.54) is 7.11 Å². The highest BCUT2D eigenvalue weighted by atomic mass is 16.5. The second kappa shape index (κ2) is 7.73. The molecule has 0 fully saturated rings. The molecular formula is C9H20N2O3. The first kappa shape index (κ1) is 13.4. The van der Waals surface area contributed by atoms with Gasteiger partial charge in [-0.1, -0.05) is 0 Å². The second-order valence-corrected chi connectivity index (χ2v) is 3.28. The minimum atomic E-state index is -0.226. The maximum atomic E-state index is 11.3. The molecule has 0 aromatic rings. The Bertz CT molecular complexity index is 160. The molecule has 2 atom stereocenters. The van der Waals surface area contributed by atoms with Crippen molar-refractivity contribution in [2.45, 2.75) is 31.9 Å². The number of nitrogens with one attached hydrogen (secondary N) is 1. The monoisotopic (exact) mass is 204 g/mol. The summed E-state index contributed by atoms with van der Waals surface area (Å²) in [6.45, 7) is 2.25. The minimum absolute atomic E-state index is 0.0113. The number of nitrogens with two attached hydrogens (primary N) is 1. The number of carbonyl (C=O) groups is 1. The van der Waals surface area contributed by atoms with E-state index in [0.29, 0.717) is 13.0 Å². The first-order chi connectivity index (χ1) is 6.63. The lowest BCUT2D eigenvalue weighted by Crippen LogP contribution is -2.37. The van der Waals surface area contributed by atoms with E-state index >= 15 is 0 Å². The summed E-state index contributed by atoms with van der Waals surface area (Å²) < 4.78 is 4.98. The normalized spacial score (nSPS) is 14.9. The minimum Gasteiger partial charge on any atom is -0.396 e. The molecule has 0 aliphatic carbocycles. The van der Waals surface area contributed by atoms with Gasteiger partial charge in [0, 0.05) is 26.3 Å². The zero-order valence-electron chi connectivity index (χ0n) is 8.82. The molecule has 1 amide bonds. The van der Waals surface area contributed by atoms with Crippen molar-refractivity contribution in [2.75, 3.05) is 20.3 Å². The summed E-state index contributed by atoms with van der Waals surface area (Å²) in [6.07, 6.45) is 0.603. The van der Waals surface area contributed by atoms with Crippen LogP contribution in [0.4, 0.5) is 0 Å². The fourth-order valence-corrected chi connectivity index (χ4v) is 1.07. The van der Waals surface area contributed by atoms with Crippen LogP contribution in [0.25, 0.3) is 0 Å². The first-order valence-corrected chi connectivity index (χ1v) is 4.77. The van der Waals surface area contributed by atoms with Crippen molar-refractivity contribution in [3.8, 4) is 0 Å². The van der Waals surface area contributed by atoms with Gasteiger partial charge in [0.15, 0.2) is 0 Å². The Labute approximate surface area is 84.6 Å². The number of methoxy groups -OCH3 is 1. The molecule has 14 heavy (non-hydrogen) atoms. The third-order valence-electron chi connectivity index (χ3n) is 1.98. The molecule has 0 aromatic carbocycles. The number of amides is 1. The number of ether oxygens (including phenoxy) is 1. The van der Waals surface area contributed by atoms with Gasteiger partial charge in [-0.25, -0.2) is 0 Å². The van der Waals surface area contributed by atoms with Gasteiger partial charge >= 0.3 is 0 Å². The molecule has 0 radical (unpaired) electrons. The first-order valence-electron chi connectivity index (χ1n) is 4.77. The van der Waals surface area contributed by atoms with Crippen LogP contribution in [0.15, 0.2) is 0 Å². The molecule has 0 saturated carbocycles. The predicted molar refractivity (Wildman–Crippen MR) is 53.8 cm³/mol. The summed E-state index contributed by atoms with van der Waals surface area (Å²) in [7, 11) is 1.53. The molecule has 0 bridgehead atoms. The summed E-state index contributed by atoms with van der Waals surface area (Å²) in [5, 5.41) is 11.4. The van der Waals surface area contributed by atoms with Crippen LogP contribution < -0.4 is 11.1 Å². The molecule has 4 N–H and O–H groups in total. The average molecular weight is 204 g/mol. The van der Waals surface area contributed by atoms with Crippen LogP contribution in [0.1, 0.15) is 19.8 Å². The summed E-state index contributed by atoms with van der Waals surface area (Å²) in [6, 6.07) is -0.0113. The molecule has 0 aromatic heterocycles. The highest BCUT2D eigenvalue weighted by molar-refractivity contribution is 5.76. The molecule has 0 spiro atoms. The van der Waals surface area contributed by atoms with E-state index < -0.39 is 0 Å². The number of aliphatic hydroxyl groups is 1. The number of rotatable bonds is 7. The van der Waals surface area contributed by atoms with E-state index in [0.717, 1.165) is 0 Å². The molecule has 5 nitrogen and oxygen atoms in total. The smallest absolute Gasteiger partial charge is 0.222 e. The Morgan fingerprint density at radius 3 is 2.71 bits per heavy atom. The van der Waals surface area contributed by atoms with Gasteiger partial charge in [-0.2, -0.15) is 0 Å². The summed E-state index contributed by atoms with van der Waals surface area (Å²) in [4.78, 5) is 11.3.